The summed E-state index contributed by atoms with van der Waals surface area (Å²) in [5.74, 6) is -0.184. The average molecular weight is 463 g/mol. The SMILES string of the molecule is C[C@H](CCC(=O)O)[C@H]1CC[C@H]2[C@@H]3CC[C@@H]4CC(=O)C(OC=O)(OC=O)C[C@]4(C)[C@H]3CC[C@]12C. The van der Waals surface area contributed by atoms with Crippen LogP contribution in [-0.2, 0) is 28.7 Å². The number of rotatable bonds is 8. The molecule has 0 spiro atoms. The zero-order valence-corrected chi connectivity index (χ0v) is 20.1. The molecule has 7 nitrogen and oxygen atoms in total. The molecule has 0 heterocycles. The molecule has 33 heavy (non-hydrogen) atoms. The van der Waals surface area contributed by atoms with Crippen molar-refractivity contribution in [1.29, 1.82) is 0 Å². The monoisotopic (exact) mass is 462 g/mol. The van der Waals surface area contributed by atoms with Crippen LogP contribution in [0.3, 0.4) is 0 Å². The molecule has 1 N–H and O–H groups in total. The number of ether oxygens (including phenoxy) is 2. The van der Waals surface area contributed by atoms with Crippen molar-refractivity contribution in [3.05, 3.63) is 0 Å². The van der Waals surface area contributed by atoms with Gasteiger partial charge in [0.1, 0.15) is 0 Å². The van der Waals surface area contributed by atoms with Gasteiger partial charge in [-0.05, 0) is 91.3 Å². The van der Waals surface area contributed by atoms with Gasteiger partial charge in [0.2, 0.25) is 5.78 Å². The van der Waals surface area contributed by atoms with E-state index in [2.05, 4.69) is 20.8 Å². The molecule has 0 aromatic heterocycles. The van der Waals surface area contributed by atoms with Gasteiger partial charge in [0.25, 0.3) is 12.9 Å². The lowest BCUT2D eigenvalue weighted by Crippen LogP contribution is -2.61. The van der Waals surface area contributed by atoms with Crippen LogP contribution in [0, 0.1) is 46.3 Å². The van der Waals surface area contributed by atoms with Crippen LogP contribution >= 0.6 is 0 Å². The Bertz CT molecular complexity index is 798. The molecule has 8 atom stereocenters. The number of carbonyl (C=O) groups is 4. The summed E-state index contributed by atoms with van der Waals surface area (Å²) in [7, 11) is 0. The molecule has 4 saturated carbocycles. The summed E-state index contributed by atoms with van der Waals surface area (Å²) in [6.45, 7) is 7.31. The Labute approximate surface area is 196 Å². The molecule has 0 saturated heterocycles. The minimum atomic E-state index is -1.79. The lowest BCUT2D eigenvalue weighted by Gasteiger charge is -2.61. The summed E-state index contributed by atoms with van der Waals surface area (Å²) in [5.41, 5.74) is -0.0281. The molecule has 0 amide bonds. The van der Waals surface area contributed by atoms with E-state index in [-0.39, 0.29) is 54.7 Å². The molecule has 7 heteroatoms. The average Bonchev–Trinajstić information content (AvgIpc) is 3.11. The van der Waals surface area contributed by atoms with Gasteiger partial charge in [-0.1, -0.05) is 20.8 Å². The minimum Gasteiger partial charge on any atom is -0.481 e. The first-order chi connectivity index (χ1) is 15.6. The minimum absolute atomic E-state index is 0.209. The van der Waals surface area contributed by atoms with Crippen molar-refractivity contribution >= 4 is 24.7 Å². The summed E-state index contributed by atoms with van der Waals surface area (Å²) >= 11 is 0. The van der Waals surface area contributed by atoms with Gasteiger partial charge in [0.15, 0.2) is 0 Å². The summed E-state index contributed by atoms with van der Waals surface area (Å²) in [4.78, 5) is 46.5. The number of carboxylic acids is 1. The molecule has 0 aliphatic heterocycles. The second kappa shape index (κ2) is 8.70. The summed E-state index contributed by atoms with van der Waals surface area (Å²) in [5, 5.41) is 9.14. The second-order valence-corrected chi connectivity index (χ2v) is 11.8. The predicted molar refractivity (Wildman–Crippen MR) is 119 cm³/mol. The number of carbonyl (C=O) groups excluding carboxylic acids is 3. The Morgan fingerprint density at radius 3 is 2.36 bits per heavy atom. The lowest BCUT2D eigenvalue weighted by molar-refractivity contribution is -0.243. The summed E-state index contributed by atoms with van der Waals surface area (Å²) < 4.78 is 10.4. The molecule has 4 fully saturated rings. The maximum absolute atomic E-state index is 12.9. The van der Waals surface area contributed by atoms with E-state index in [1.165, 1.54) is 6.42 Å². The topological polar surface area (TPSA) is 107 Å². The Morgan fingerprint density at radius 2 is 1.73 bits per heavy atom. The standard InChI is InChI=1S/C26H38O7/c1-16(4-9-23(30)31)19-7-8-20-18-6-5-17-12-22(29)26(32-14-27,33-15-28)13-25(17,3)21(18)10-11-24(19,20)2/h14-21H,4-13H2,1-3H3,(H,30,31)/t16-,17-,18+,19-,20+,21+,24-,25+/m1/s1. The van der Waals surface area contributed by atoms with Crippen LogP contribution in [0.15, 0.2) is 0 Å². The fourth-order valence-corrected chi connectivity index (χ4v) is 9.05. The third-order valence-electron chi connectivity index (χ3n) is 10.6. The van der Waals surface area contributed by atoms with Gasteiger partial charge in [-0.25, -0.2) is 0 Å². The van der Waals surface area contributed by atoms with Crippen LogP contribution < -0.4 is 0 Å². The second-order valence-electron chi connectivity index (χ2n) is 11.8. The van der Waals surface area contributed by atoms with Crippen molar-refractivity contribution in [2.24, 2.45) is 46.3 Å². The largest absolute Gasteiger partial charge is 0.481 e. The number of hydrogen-bond acceptors (Lipinski definition) is 6. The highest BCUT2D eigenvalue weighted by molar-refractivity contribution is 5.89. The van der Waals surface area contributed by atoms with E-state index in [0.717, 1.165) is 38.5 Å². The Balaban J connectivity index is 1.58. The third kappa shape index (κ3) is 3.79. The molecule has 0 bridgehead atoms. The number of aliphatic carboxylic acids is 1. The zero-order chi connectivity index (χ0) is 24.0. The van der Waals surface area contributed by atoms with E-state index in [0.29, 0.717) is 29.6 Å². The van der Waals surface area contributed by atoms with Crippen LogP contribution in [0.5, 0.6) is 0 Å². The van der Waals surface area contributed by atoms with Crippen molar-refractivity contribution in [3.8, 4) is 0 Å². The van der Waals surface area contributed by atoms with Crippen molar-refractivity contribution in [3.63, 3.8) is 0 Å². The van der Waals surface area contributed by atoms with E-state index in [9.17, 15) is 19.2 Å². The molecule has 4 aliphatic carbocycles. The van der Waals surface area contributed by atoms with E-state index in [4.69, 9.17) is 14.6 Å². The summed E-state index contributed by atoms with van der Waals surface area (Å²) in [6.07, 6.45) is 7.99. The van der Waals surface area contributed by atoms with Crippen molar-refractivity contribution < 1.29 is 33.8 Å². The van der Waals surface area contributed by atoms with E-state index in [1.807, 2.05) is 0 Å². The highest BCUT2D eigenvalue weighted by Crippen LogP contribution is 2.69. The van der Waals surface area contributed by atoms with Crippen molar-refractivity contribution in [2.45, 2.75) is 90.8 Å². The van der Waals surface area contributed by atoms with E-state index < -0.39 is 11.8 Å². The molecule has 0 aromatic rings. The first kappa shape index (κ1) is 24.2. The van der Waals surface area contributed by atoms with Gasteiger partial charge in [0, 0.05) is 19.3 Å². The number of hydrogen-bond donors (Lipinski definition) is 1. The molecule has 4 aliphatic rings. The number of fused-ring (bicyclic) bond motifs is 5. The summed E-state index contributed by atoms with van der Waals surface area (Å²) in [6, 6.07) is 0. The number of carboxylic acid groups (broad SMARTS) is 1. The highest BCUT2D eigenvalue weighted by Gasteiger charge is 2.65. The van der Waals surface area contributed by atoms with Crippen LogP contribution in [0.4, 0.5) is 0 Å². The fourth-order valence-electron chi connectivity index (χ4n) is 9.05. The van der Waals surface area contributed by atoms with Gasteiger partial charge >= 0.3 is 11.8 Å². The number of Topliss-reactive ketones (excluding diaryl/α,β-unsaturated/α-hetero) is 1. The normalized spacial score (nSPS) is 42.3. The fraction of sp³-hybridized carbons (Fsp3) is 0.846. The molecular weight excluding hydrogens is 424 g/mol. The lowest BCUT2D eigenvalue weighted by atomic mass is 9.44. The maximum Gasteiger partial charge on any atom is 0.316 e. The van der Waals surface area contributed by atoms with Crippen molar-refractivity contribution in [1.82, 2.24) is 0 Å². The molecule has 0 aromatic carbocycles. The molecular formula is C26H38O7. The Hall–Kier alpha value is -1.92. The smallest absolute Gasteiger partial charge is 0.316 e. The quantitative estimate of drug-likeness (QED) is 0.422. The first-order valence-corrected chi connectivity index (χ1v) is 12.6. The van der Waals surface area contributed by atoms with E-state index in [1.54, 1.807) is 0 Å². The molecule has 184 valence electrons. The Kier molecular flexibility index (Phi) is 6.38. The molecule has 0 radical (unpaired) electrons. The highest BCUT2D eigenvalue weighted by atomic mass is 16.7. The maximum atomic E-state index is 12.9. The van der Waals surface area contributed by atoms with Crippen LogP contribution in [0.1, 0.15) is 85.0 Å². The van der Waals surface area contributed by atoms with Gasteiger partial charge < -0.3 is 14.6 Å². The third-order valence-corrected chi connectivity index (χ3v) is 10.6. The van der Waals surface area contributed by atoms with E-state index >= 15 is 0 Å². The first-order valence-electron chi connectivity index (χ1n) is 12.6. The van der Waals surface area contributed by atoms with Crippen LogP contribution in [0.2, 0.25) is 0 Å². The van der Waals surface area contributed by atoms with Crippen molar-refractivity contribution in [2.75, 3.05) is 0 Å². The number of ketones is 1. The molecule has 4 rings (SSSR count). The molecule has 0 unspecified atom stereocenters. The zero-order valence-electron chi connectivity index (χ0n) is 20.1. The Morgan fingerprint density at radius 1 is 1.06 bits per heavy atom. The van der Waals surface area contributed by atoms with Crippen LogP contribution in [0.25, 0.3) is 0 Å². The predicted octanol–water partition coefficient (Wildman–Crippen LogP) is 4.37. The van der Waals surface area contributed by atoms with Gasteiger partial charge in [-0.3, -0.25) is 19.2 Å². The van der Waals surface area contributed by atoms with Gasteiger partial charge in [-0.2, -0.15) is 0 Å². The van der Waals surface area contributed by atoms with Gasteiger partial charge in [-0.15, -0.1) is 0 Å². The van der Waals surface area contributed by atoms with Gasteiger partial charge in [0.05, 0.1) is 0 Å². The van der Waals surface area contributed by atoms with Crippen LogP contribution in [-0.4, -0.2) is 35.6 Å².